The molecule has 0 fully saturated rings. The molecule has 0 bridgehead atoms. The van der Waals surface area contributed by atoms with Gasteiger partial charge in [0.25, 0.3) is 5.72 Å². The Balaban J connectivity index is 1.81. The molecule has 1 unspecified atom stereocenters. The summed E-state index contributed by atoms with van der Waals surface area (Å²) in [6.07, 6.45) is 1.51. The Bertz CT molecular complexity index is 1340. The predicted molar refractivity (Wildman–Crippen MR) is 125 cm³/mol. The lowest BCUT2D eigenvalue weighted by Crippen LogP contribution is -2.57. The van der Waals surface area contributed by atoms with Gasteiger partial charge in [-0.05, 0) is 30.3 Å². The molecule has 1 atom stereocenters. The molecule has 0 spiro atoms. The molecule has 7 nitrogen and oxygen atoms in total. The highest BCUT2D eigenvalue weighted by Crippen LogP contribution is 2.44. The summed E-state index contributed by atoms with van der Waals surface area (Å²) in [6, 6.07) is 20.2. The molecule has 0 saturated heterocycles. The standard InChI is InChI=1S/C25H25N2O5S/c1-27(2,3)25(17-26-21-13-9-8-12-20(21)25)32-33(29,30)23-16-19(14-15-22(23)31-4)24(28)18-10-6-5-7-11-18/h5-17H,1-4H3/q+1. The topological polar surface area (TPSA) is 82.0 Å². The van der Waals surface area contributed by atoms with Gasteiger partial charge in [0, 0.05) is 11.1 Å². The van der Waals surface area contributed by atoms with Crippen molar-refractivity contribution < 1.29 is 26.6 Å². The van der Waals surface area contributed by atoms with Crippen LogP contribution in [-0.2, 0) is 20.0 Å². The number of fused-ring (bicyclic) bond motifs is 1. The van der Waals surface area contributed by atoms with Gasteiger partial charge in [0.05, 0.1) is 39.5 Å². The second-order valence-corrected chi connectivity index (χ2v) is 10.1. The number of para-hydroxylation sites is 1. The van der Waals surface area contributed by atoms with Gasteiger partial charge < -0.3 is 4.74 Å². The molecule has 33 heavy (non-hydrogen) atoms. The Morgan fingerprint density at radius 2 is 1.58 bits per heavy atom. The number of rotatable bonds is 7. The van der Waals surface area contributed by atoms with Crippen LogP contribution in [0.25, 0.3) is 0 Å². The van der Waals surface area contributed by atoms with Crippen LogP contribution in [0.2, 0.25) is 0 Å². The van der Waals surface area contributed by atoms with Gasteiger partial charge in [0.1, 0.15) is 16.9 Å². The summed E-state index contributed by atoms with van der Waals surface area (Å²) in [5, 5.41) is 0. The molecule has 170 valence electrons. The first-order valence-corrected chi connectivity index (χ1v) is 11.7. The third kappa shape index (κ3) is 3.97. The van der Waals surface area contributed by atoms with Gasteiger partial charge >= 0.3 is 10.1 Å². The van der Waals surface area contributed by atoms with Crippen LogP contribution in [0.3, 0.4) is 0 Å². The molecular weight excluding hydrogens is 440 g/mol. The van der Waals surface area contributed by atoms with Gasteiger partial charge in [-0.2, -0.15) is 12.6 Å². The molecule has 0 N–H and O–H groups in total. The normalized spacial score (nSPS) is 17.6. The third-order valence-electron chi connectivity index (χ3n) is 5.63. The maximum atomic E-state index is 13.7. The van der Waals surface area contributed by atoms with Crippen molar-refractivity contribution in [2.45, 2.75) is 10.6 Å². The molecule has 1 aliphatic rings. The van der Waals surface area contributed by atoms with E-state index < -0.39 is 15.8 Å². The fraction of sp³-hybridized carbons (Fsp3) is 0.200. The summed E-state index contributed by atoms with van der Waals surface area (Å²) in [5.41, 5.74) is 0.549. The summed E-state index contributed by atoms with van der Waals surface area (Å²) in [6.45, 7) is 0. The Labute approximate surface area is 193 Å². The molecule has 1 aliphatic heterocycles. The van der Waals surface area contributed by atoms with E-state index in [4.69, 9.17) is 8.92 Å². The minimum atomic E-state index is -4.39. The second-order valence-electron chi connectivity index (χ2n) is 8.58. The van der Waals surface area contributed by atoms with E-state index in [1.165, 1.54) is 31.5 Å². The zero-order valence-electron chi connectivity index (χ0n) is 18.8. The van der Waals surface area contributed by atoms with E-state index in [1.54, 1.807) is 42.5 Å². The van der Waals surface area contributed by atoms with Crippen molar-refractivity contribution in [3.05, 3.63) is 89.5 Å². The summed E-state index contributed by atoms with van der Waals surface area (Å²) >= 11 is 0. The van der Waals surface area contributed by atoms with Crippen molar-refractivity contribution in [1.29, 1.82) is 0 Å². The van der Waals surface area contributed by atoms with Gasteiger partial charge in [-0.15, -0.1) is 0 Å². The van der Waals surface area contributed by atoms with Crippen molar-refractivity contribution in [1.82, 2.24) is 0 Å². The number of carbonyl (C=O) groups is 1. The van der Waals surface area contributed by atoms with Gasteiger partial charge in [-0.3, -0.25) is 14.3 Å². The fourth-order valence-corrected chi connectivity index (χ4v) is 5.26. The van der Waals surface area contributed by atoms with Gasteiger partial charge in [0.15, 0.2) is 5.78 Å². The largest absolute Gasteiger partial charge is 0.495 e. The molecule has 0 saturated carbocycles. The van der Waals surface area contributed by atoms with Crippen LogP contribution in [0.5, 0.6) is 5.75 Å². The highest BCUT2D eigenvalue weighted by molar-refractivity contribution is 7.87. The molecule has 0 amide bonds. The average molecular weight is 466 g/mol. The molecular formula is C25H25N2O5S+. The second kappa shape index (κ2) is 8.22. The summed E-state index contributed by atoms with van der Waals surface area (Å²) in [4.78, 5) is 17.1. The quantitative estimate of drug-likeness (QED) is 0.229. The van der Waals surface area contributed by atoms with Crippen molar-refractivity contribution in [3.8, 4) is 5.75 Å². The molecule has 1 heterocycles. The molecule has 0 radical (unpaired) electrons. The highest BCUT2D eigenvalue weighted by Gasteiger charge is 2.53. The first kappa shape index (κ1) is 22.8. The number of benzene rings is 3. The first-order chi connectivity index (χ1) is 15.6. The molecule has 0 aliphatic carbocycles. The Kier molecular flexibility index (Phi) is 5.69. The number of ketones is 1. The van der Waals surface area contributed by atoms with E-state index in [1.807, 2.05) is 33.3 Å². The lowest BCUT2D eigenvalue weighted by molar-refractivity contribution is -0.939. The summed E-state index contributed by atoms with van der Waals surface area (Å²) in [7, 11) is 2.47. The number of quaternary nitrogens is 1. The number of carbonyl (C=O) groups excluding carboxylic acids is 1. The first-order valence-electron chi connectivity index (χ1n) is 10.3. The van der Waals surface area contributed by atoms with Crippen LogP contribution in [0.15, 0.2) is 82.7 Å². The number of ether oxygens (including phenoxy) is 1. The lowest BCUT2D eigenvalue weighted by Gasteiger charge is -2.40. The van der Waals surface area contributed by atoms with Crippen molar-refractivity contribution >= 4 is 27.8 Å². The van der Waals surface area contributed by atoms with E-state index in [-0.39, 0.29) is 26.5 Å². The van der Waals surface area contributed by atoms with Crippen LogP contribution in [0.1, 0.15) is 21.5 Å². The van der Waals surface area contributed by atoms with E-state index in [0.29, 0.717) is 16.8 Å². The molecule has 8 heteroatoms. The van der Waals surface area contributed by atoms with Crippen molar-refractivity contribution in [2.75, 3.05) is 28.3 Å². The minimum absolute atomic E-state index is 0.0828. The zero-order chi connectivity index (χ0) is 23.9. The minimum Gasteiger partial charge on any atom is -0.495 e. The zero-order valence-corrected chi connectivity index (χ0v) is 19.7. The van der Waals surface area contributed by atoms with E-state index in [9.17, 15) is 13.2 Å². The maximum absolute atomic E-state index is 13.7. The monoisotopic (exact) mass is 465 g/mol. The average Bonchev–Trinajstić information content (AvgIpc) is 3.18. The number of methoxy groups -OCH3 is 1. The van der Waals surface area contributed by atoms with Gasteiger partial charge in [0.2, 0.25) is 0 Å². The van der Waals surface area contributed by atoms with Crippen LogP contribution >= 0.6 is 0 Å². The van der Waals surface area contributed by atoms with E-state index >= 15 is 0 Å². The lowest BCUT2D eigenvalue weighted by atomic mass is 10.0. The smallest absolute Gasteiger partial charge is 0.306 e. The maximum Gasteiger partial charge on any atom is 0.306 e. The van der Waals surface area contributed by atoms with E-state index in [0.717, 1.165) is 0 Å². The number of hydrogen-bond donors (Lipinski definition) is 0. The molecule has 3 aromatic rings. The van der Waals surface area contributed by atoms with Gasteiger partial charge in [-0.25, -0.2) is 0 Å². The van der Waals surface area contributed by atoms with Gasteiger partial charge in [-0.1, -0.05) is 42.5 Å². The number of aliphatic imine (C=N–C) groups is 1. The van der Waals surface area contributed by atoms with Crippen LogP contribution in [-0.4, -0.2) is 53.2 Å². The Morgan fingerprint density at radius 1 is 0.909 bits per heavy atom. The third-order valence-corrected chi connectivity index (χ3v) is 6.96. The number of nitrogens with zero attached hydrogens (tertiary/aromatic N) is 2. The predicted octanol–water partition coefficient (Wildman–Crippen LogP) is 3.91. The molecule has 4 rings (SSSR count). The Hall–Kier alpha value is -3.33. The van der Waals surface area contributed by atoms with Crippen LogP contribution in [0.4, 0.5) is 5.69 Å². The Morgan fingerprint density at radius 3 is 2.24 bits per heavy atom. The van der Waals surface area contributed by atoms with E-state index in [2.05, 4.69) is 4.99 Å². The summed E-state index contributed by atoms with van der Waals surface area (Å²) in [5.74, 6) is -0.219. The number of hydrogen-bond acceptors (Lipinski definition) is 6. The molecule has 0 aromatic heterocycles. The summed E-state index contributed by atoms with van der Waals surface area (Å²) < 4.78 is 38.7. The van der Waals surface area contributed by atoms with Crippen LogP contribution in [0, 0.1) is 0 Å². The SMILES string of the molecule is COc1ccc(C(=O)c2ccccc2)cc1S(=O)(=O)OC1([N+](C)(C)C)C=Nc2ccccc21. The fourth-order valence-electron chi connectivity index (χ4n) is 3.81. The van der Waals surface area contributed by atoms with Crippen molar-refractivity contribution in [3.63, 3.8) is 0 Å². The van der Waals surface area contributed by atoms with Crippen LogP contribution < -0.4 is 4.74 Å². The van der Waals surface area contributed by atoms with Crippen molar-refractivity contribution in [2.24, 2.45) is 4.99 Å². The molecule has 3 aromatic carbocycles. The highest BCUT2D eigenvalue weighted by atomic mass is 32.2.